The first-order valence-corrected chi connectivity index (χ1v) is 6.42. The average molecular weight is 258 g/mol. The van der Waals surface area contributed by atoms with Crippen molar-refractivity contribution in [1.29, 1.82) is 0 Å². The van der Waals surface area contributed by atoms with Crippen molar-refractivity contribution in [3.8, 4) is 5.69 Å². The standard InChI is InChI=1S/C15H18N2O2/c1-4-5-14-13(15(18)19)9-16-17(14)12-7-6-10(2)11(3)8-12/h6-9H,4-5H2,1-3H3,(H,18,19). The second kappa shape index (κ2) is 5.26. The Morgan fingerprint density at radius 2 is 2.05 bits per heavy atom. The molecule has 4 nitrogen and oxygen atoms in total. The fourth-order valence-corrected chi connectivity index (χ4v) is 2.11. The van der Waals surface area contributed by atoms with Gasteiger partial charge in [0.05, 0.1) is 17.6 Å². The van der Waals surface area contributed by atoms with Gasteiger partial charge >= 0.3 is 5.97 Å². The minimum atomic E-state index is -0.918. The summed E-state index contributed by atoms with van der Waals surface area (Å²) < 4.78 is 1.74. The van der Waals surface area contributed by atoms with Crippen LogP contribution in [-0.4, -0.2) is 20.9 Å². The maximum absolute atomic E-state index is 11.2. The maximum Gasteiger partial charge on any atom is 0.339 e. The summed E-state index contributed by atoms with van der Waals surface area (Å²) in [5.41, 5.74) is 4.36. The topological polar surface area (TPSA) is 55.1 Å². The molecule has 0 aliphatic rings. The number of hydrogen-bond donors (Lipinski definition) is 1. The van der Waals surface area contributed by atoms with Crippen LogP contribution in [-0.2, 0) is 6.42 Å². The third-order valence-electron chi connectivity index (χ3n) is 3.32. The molecule has 0 saturated carbocycles. The Morgan fingerprint density at radius 1 is 1.32 bits per heavy atom. The molecule has 0 fully saturated rings. The summed E-state index contributed by atoms with van der Waals surface area (Å²) in [5.74, 6) is -0.918. The van der Waals surface area contributed by atoms with E-state index in [0.717, 1.165) is 17.8 Å². The van der Waals surface area contributed by atoms with Crippen molar-refractivity contribution in [3.63, 3.8) is 0 Å². The van der Waals surface area contributed by atoms with Crippen LogP contribution in [0.15, 0.2) is 24.4 Å². The summed E-state index contributed by atoms with van der Waals surface area (Å²) in [6, 6.07) is 6.04. The summed E-state index contributed by atoms with van der Waals surface area (Å²) in [7, 11) is 0. The molecule has 0 radical (unpaired) electrons. The first-order valence-electron chi connectivity index (χ1n) is 6.42. The molecule has 1 aromatic carbocycles. The zero-order chi connectivity index (χ0) is 14.0. The van der Waals surface area contributed by atoms with E-state index in [-0.39, 0.29) is 0 Å². The number of carboxylic acid groups (broad SMARTS) is 1. The van der Waals surface area contributed by atoms with Crippen LogP contribution >= 0.6 is 0 Å². The van der Waals surface area contributed by atoms with Crippen LogP contribution in [0.4, 0.5) is 0 Å². The number of aryl methyl sites for hydroxylation is 2. The van der Waals surface area contributed by atoms with Gasteiger partial charge in [-0.15, -0.1) is 0 Å². The summed E-state index contributed by atoms with van der Waals surface area (Å²) >= 11 is 0. The van der Waals surface area contributed by atoms with Gasteiger partial charge in [-0.05, 0) is 43.5 Å². The molecule has 0 saturated heterocycles. The Morgan fingerprint density at radius 3 is 2.63 bits per heavy atom. The van der Waals surface area contributed by atoms with Gasteiger partial charge in [-0.3, -0.25) is 0 Å². The highest BCUT2D eigenvalue weighted by Crippen LogP contribution is 2.19. The van der Waals surface area contributed by atoms with Crippen LogP contribution < -0.4 is 0 Å². The van der Waals surface area contributed by atoms with Gasteiger partial charge in [-0.2, -0.15) is 5.10 Å². The molecule has 0 amide bonds. The van der Waals surface area contributed by atoms with E-state index in [9.17, 15) is 9.90 Å². The van der Waals surface area contributed by atoms with E-state index in [1.807, 2.05) is 32.0 Å². The van der Waals surface area contributed by atoms with Gasteiger partial charge in [0.15, 0.2) is 0 Å². The predicted octanol–water partition coefficient (Wildman–Crippen LogP) is 3.14. The molecule has 19 heavy (non-hydrogen) atoms. The third kappa shape index (κ3) is 2.52. The number of aromatic nitrogens is 2. The van der Waals surface area contributed by atoms with Gasteiger partial charge < -0.3 is 5.11 Å². The van der Waals surface area contributed by atoms with Crippen LogP contribution in [0.1, 0.15) is 40.5 Å². The second-order valence-electron chi connectivity index (χ2n) is 4.74. The van der Waals surface area contributed by atoms with Crippen molar-refractivity contribution in [3.05, 3.63) is 46.8 Å². The van der Waals surface area contributed by atoms with E-state index in [1.54, 1.807) is 4.68 Å². The zero-order valence-corrected chi connectivity index (χ0v) is 11.5. The van der Waals surface area contributed by atoms with E-state index < -0.39 is 5.97 Å². The quantitative estimate of drug-likeness (QED) is 0.916. The lowest BCUT2D eigenvalue weighted by Gasteiger charge is -2.09. The number of carboxylic acids is 1. The third-order valence-corrected chi connectivity index (χ3v) is 3.32. The minimum Gasteiger partial charge on any atom is -0.478 e. The summed E-state index contributed by atoms with van der Waals surface area (Å²) in [6.45, 7) is 6.13. The zero-order valence-electron chi connectivity index (χ0n) is 11.5. The van der Waals surface area contributed by atoms with Crippen molar-refractivity contribution in [2.24, 2.45) is 0 Å². The molecule has 100 valence electrons. The molecule has 1 heterocycles. The summed E-state index contributed by atoms with van der Waals surface area (Å²) in [6.07, 6.45) is 3.02. The van der Waals surface area contributed by atoms with Crippen molar-refractivity contribution in [2.75, 3.05) is 0 Å². The highest BCUT2D eigenvalue weighted by Gasteiger charge is 2.16. The van der Waals surface area contributed by atoms with Gasteiger partial charge in [0.2, 0.25) is 0 Å². The van der Waals surface area contributed by atoms with Crippen LogP contribution in [0.25, 0.3) is 5.69 Å². The van der Waals surface area contributed by atoms with E-state index >= 15 is 0 Å². The number of nitrogens with zero attached hydrogens (tertiary/aromatic N) is 2. The number of hydrogen-bond acceptors (Lipinski definition) is 2. The SMILES string of the molecule is CCCc1c(C(=O)O)cnn1-c1ccc(C)c(C)c1. The molecule has 0 atom stereocenters. The molecule has 0 spiro atoms. The minimum absolute atomic E-state index is 0.292. The van der Waals surface area contributed by atoms with E-state index in [0.29, 0.717) is 12.0 Å². The molecular formula is C15H18N2O2. The molecular weight excluding hydrogens is 240 g/mol. The van der Waals surface area contributed by atoms with Crippen molar-refractivity contribution < 1.29 is 9.90 Å². The lowest BCUT2D eigenvalue weighted by atomic mass is 10.1. The van der Waals surface area contributed by atoms with Crippen LogP contribution in [0.3, 0.4) is 0 Å². The van der Waals surface area contributed by atoms with Crippen LogP contribution in [0.5, 0.6) is 0 Å². The molecule has 0 unspecified atom stereocenters. The number of aromatic carboxylic acids is 1. The van der Waals surface area contributed by atoms with Crippen LogP contribution in [0.2, 0.25) is 0 Å². The molecule has 0 aliphatic carbocycles. The van der Waals surface area contributed by atoms with Crippen molar-refractivity contribution in [2.45, 2.75) is 33.6 Å². The number of benzene rings is 1. The first kappa shape index (κ1) is 13.3. The summed E-state index contributed by atoms with van der Waals surface area (Å²) in [4.78, 5) is 11.2. The molecule has 0 bridgehead atoms. The van der Waals surface area contributed by atoms with Crippen LogP contribution in [0, 0.1) is 13.8 Å². The lowest BCUT2D eigenvalue weighted by molar-refractivity contribution is 0.0695. The van der Waals surface area contributed by atoms with Gasteiger partial charge in [-0.1, -0.05) is 19.4 Å². The Labute approximate surface area is 112 Å². The number of carbonyl (C=O) groups is 1. The van der Waals surface area contributed by atoms with Crippen molar-refractivity contribution >= 4 is 5.97 Å². The molecule has 1 N–H and O–H groups in total. The largest absolute Gasteiger partial charge is 0.478 e. The lowest BCUT2D eigenvalue weighted by Crippen LogP contribution is -2.07. The van der Waals surface area contributed by atoms with Gasteiger partial charge in [0, 0.05) is 0 Å². The van der Waals surface area contributed by atoms with E-state index in [1.165, 1.54) is 17.3 Å². The fraction of sp³-hybridized carbons (Fsp3) is 0.333. The monoisotopic (exact) mass is 258 g/mol. The normalized spacial score (nSPS) is 10.7. The molecule has 4 heteroatoms. The van der Waals surface area contributed by atoms with Gasteiger partial charge in [0.1, 0.15) is 5.56 Å². The molecule has 0 aliphatic heterocycles. The Bertz CT molecular complexity index is 615. The Hall–Kier alpha value is -2.10. The highest BCUT2D eigenvalue weighted by atomic mass is 16.4. The smallest absolute Gasteiger partial charge is 0.339 e. The van der Waals surface area contributed by atoms with Gasteiger partial charge in [-0.25, -0.2) is 9.48 Å². The molecule has 1 aromatic heterocycles. The first-order chi connectivity index (χ1) is 9.04. The molecule has 2 aromatic rings. The van der Waals surface area contributed by atoms with Crippen molar-refractivity contribution in [1.82, 2.24) is 9.78 Å². The average Bonchev–Trinajstić information content (AvgIpc) is 2.77. The number of rotatable bonds is 4. The Kier molecular flexibility index (Phi) is 3.69. The summed E-state index contributed by atoms with van der Waals surface area (Å²) in [5, 5.41) is 13.4. The molecule has 2 rings (SSSR count). The van der Waals surface area contributed by atoms with E-state index in [4.69, 9.17) is 0 Å². The van der Waals surface area contributed by atoms with E-state index in [2.05, 4.69) is 12.0 Å². The fourth-order valence-electron chi connectivity index (χ4n) is 2.11. The Balaban J connectivity index is 2.55. The highest BCUT2D eigenvalue weighted by molar-refractivity contribution is 5.88. The predicted molar refractivity (Wildman–Crippen MR) is 74.0 cm³/mol. The van der Waals surface area contributed by atoms with Gasteiger partial charge in [0.25, 0.3) is 0 Å². The maximum atomic E-state index is 11.2. The second-order valence-corrected chi connectivity index (χ2v) is 4.74.